The van der Waals surface area contributed by atoms with Crippen LogP contribution in [0.4, 0.5) is 5.69 Å². The van der Waals surface area contributed by atoms with Gasteiger partial charge >= 0.3 is 5.97 Å². The van der Waals surface area contributed by atoms with Crippen LogP contribution in [0, 0.1) is 0 Å². The van der Waals surface area contributed by atoms with Crippen LogP contribution in [0.5, 0.6) is 0 Å². The first kappa shape index (κ1) is 15.2. The first-order valence-corrected chi connectivity index (χ1v) is 7.26. The maximum atomic E-state index is 12.1. The first-order valence-electron chi connectivity index (χ1n) is 6.38. The number of carbonyl (C=O) groups is 2. The zero-order valence-corrected chi connectivity index (χ0v) is 12.4. The van der Waals surface area contributed by atoms with Crippen LogP contribution in [0.2, 0.25) is 0 Å². The van der Waals surface area contributed by atoms with Crippen LogP contribution in [0.1, 0.15) is 15.2 Å². The smallest absolute Gasteiger partial charge is 0.350 e. The van der Waals surface area contributed by atoms with E-state index < -0.39 is 12.0 Å². The van der Waals surface area contributed by atoms with Gasteiger partial charge in [0.15, 0.2) is 0 Å². The minimum atomic E-state index is -0.683. The molecule has 0 fully saturated rings. The average Bonchev–Trinajstić information content (AvgIpc) is 2.95. The van der Waals surface area contributed by atoms with Gasteiger partial charge in [-0.1, -0.05) is 30.3 Å². The monoisotopic (exact) mass is 304 g/mol. The summed E-state index contributed by atoms with van der Waals surface area (Å²) in [5.74, 6) is -0.806. The van der Waals surface area contributed by atoms with E-state index in [0.717, 1.165) is 5.56 Å². The van der Waals surface area contributed by atoms with E-state index in [1.165, 1.54) is 18.4 Å². The van der Waals surface area contributed by atoms with Crippen molar-refractivity contribution in [2.45, 2.75) is 12.5 Å². The lowest BCUT2D eigenvalue weighted by atomic mass is 10.1. The molecule has 0 saturated carbocycles. The number of hydrogen-bond acceptors (Lipinski definition) is 5. The summed E-state index contributed by atoms with van der Waals surface area (Å²) in [7, 11) is 1.30. The SMILES string of the molecule is COC(=O)c1sccc1NC(=O)C(N)Cc1ccccc1. The van der Waals surface area contributed by atoms with Gasteiger partial charge in [0.05, 0.1) is 18.8 Å². The van der Waals surface area contributed by atoms with E-state index in [2.05, 4.69) is 10.1 Å². The predicted molar refractivity (Wildman–Crippen MR) is 82.4 cm³/mol. The number of esters is 1. The van der Waals surface area contributed by atoms with E-state index in [1.54, 1.807) is 11.4 Å². The van der Waals surface area contributed by atoms with Crippen LogP contribution in [0.3, 0.4) is 0 Å². The highest BCUT2D eigenvalue weighted by molar-refractivity contribution is 7.12. The van der Waals surface area contributed by atoms with Crippen LogP contribution in [-0.2, 0) is 16.0 Å². The van der Waals surface area contributed by atoms with Crippen molar-refractivity contribution in [2.75, 3.05) is 12.4 Å². The molecule has 2 aromatic rings. The molecule has 1 aromatic heterocycles. The molecule has 1 unspecified atom stereocenters. The average molecular weight is 304 g/mol. The molecule has 0 aliphatic rings. The van der Waals surface area contributed by atoms with Crippen molar-refractivity contribution in [2.24, 2.45) is 5.73 Å². The molecule has 110 valence electrons. The van der Waals surface area contributed by atoms with E-state index >= 15 is 0 Å². The van der Waals surface area contributed by atoms with Crippen LogP contribution < -0.4 is 11.1 Å². The summed E-state index contributed by atoms with van der Waals surface area (Å²) in [5, 5.41) is 4.38. The minimum absolute atomic E-state index is 0.331. The van der Waals surface area contributed by atoms with Crippen molar-refractivity contribution in [1.82, 2.24) is 0 Å². The second-order valence-electron chi connectivity index (χ2n) is 4.44. The highest BCUT2D eigenvalue weighted by Gasteiger charge is 2.19. The highest BCUT2D eigenvalue weighted by Crippen LogP contribution is 2.23. The standard InChI is InChI=1S/C15H16N2O3S/c1-20-15(19)13-12(7-8-21-13)17-14(18)11(16)9-10-5-3-2-4-6-10/h2-8,11H,9,16H2,1H3,(H,17,18). The second kappa shape index (κ2) is 7.01. The number of nitrogens with one attached hydrogen (secondary N) is 1. The van der Waals surface area contributed by atoms with Crippen molar-refractivity contribution in [3.63, 3.8) is 0 Å². The molecule has 6 heteroatoms. The number of rotatable bonds is 5. The molecule has 3 N–H and O–H groups in total. The number of amides is 1. The normalized spacial score (nSPS) is 11.7. The molecule has 21 heavy (non-hydrogen) atoms. The Labute approximate surface area is 126 Å². The Morgan fingerprint density at radius 2 is 2.00 bits per heavy atom. The Balaban J connectivity index is 2.01. The maximum absolute atomic E-state index is 12.1. The topological polar surface area (TPSA) is 81.4 Å². The zero-order chi connectivity index (χ0) is 15.2. The lowest BCUT2D eigenvalue weighted by Gasteiger charge is -2.12. The molecule has 1 heterocycles. The third kappa shape index (κ3) is 3.90. The highest BCUT2D eigenvalue weighted by atomic mass is 32.1. The number of carbonyl (C=O) groups excluding carboxylic acids is 2. The second-order valence-corrected chi connectivity index (χ2v) is 5.36. The predicted octanol–water partition coefficient (Wildman–Crippen LogP) is 2.04. The molecular formula is C15H16N2O3S. The van der Waals surface area contributed by atoms with E-state index in [0.29, 0.717) is 17.0 Å². The molecule has 0 radical (unpaired) electrons. The van der Waals surface area contributed by atoms with Crippen LogP contribution in [0.25, 0.3) is 0 Å². The summed E-state index contributed by atoms with van der Waals surface area (Å²) >= 11 is 1.21. The Hall–Kier alpha value is -2.18. The van der Waals surface area contributed by atoms with Gasteiger partial charge < -0.3 is 15.8 Å². The van der Waals surface area contributed by atoms with Gasteiger partial charge in [-0.15, -0.1) is 11.3 Å². The van der Waals surface area contributed by atoms with Crippen molar-refractivity contribution >= 4 is 28.9 Å². The number of nitrogens with two attached hydrogens (primary N) is 1. The Morgan fingerprint density at radius 3 is 2.67 bits per heavy atom. The maximum Gasteiger partial charge on any atom is 0.350 e. The molecular weight excluding hydrogens is 288 g/mol. The number of hydrogen-bond donors (Lipinski definition) is 2. The van der Waals surface area contributed by atoms with Gasteiger partial charge in [-0.05, 0) is 23.4 Å². The Kier molecular flexibility index (Phi) is 5.08. The molecule has 0 aliphatic heterocycles. The van der Waals surface area contributed by atoms with Crippen LogP contribution in [-0.4, -0.2) is 25.0 Å². The van der Waals surface area contributed by atoms with Gasteiger partial charge in [0.25, 0.3) is 0 Å². The molecule has 0 spiro atoms. The lowest BCUT2D eigenvalue weighted by Crippen LogP contribution is -2.37. The summed E-state index contributed by atoms with van der Waals surface area (Å²) in [6, 6.07) is 10.5. The van der Waals surface area contributed by atoms with Gasteiger partial charge in [-0.25, -0.2) is 4.79 Å². The van der Waals surface area contributed by atoms with Crippen molar-refractivity contribution in [1.29, 1.82) is 0 Å². The van der Waals surface area contributed by atoms with E-state index in [-0.39, 0.29) is 5.91 Å². The fourth-order valence-electron chi connectivity index (χ4n) is 1.84. The molecule has 5 nitrogen and oxygen atoms in total. The van der Waals surface area contributed by atoms with Gasteiger partial charge in [0, 0.05) is 0 Å². The Bertz CT molecular complexity index is 625. The minimum Gasteiger partial charge on any atom is -0.465 e. The number of thiophene rings is 1. The lowest BCUT2D eigenvalue weighted by molar-refractivity contribution is -0.117. The zero-order valence-electron chi connectivity index (χ0n) is 11.5. The van der Waals surface area contributed by atoms with Gasteiger partial charge in [0.1, 0.15) is 4.88 Å². The van der Waals surface area contributed by atoms with Gasteiger partial charge in [0.2, 0.25) is 5.91 Å². The molecule has 0 saturated heterocycles. The molecule has 1 atom stereocenters. The number of benzene rings is 1. The third-order valence-electron chi connectivity index (χ3n) is 2.93. The van der Waals surface area contributed by atoms with E-state index in [4.69, 9.17) is 5.73 Å². The molecule has 0 aliphatic carbocycles. The van der Waals surface area contributed by atoms with Gasteiger partial charge in [-0.2, -0.15) is 0 Å². The summed E-state index contributed by atoms with van der Waals surface area (Å²) in [6.45, 7) is 0. The number of methoxy groups -OCH3 is 1. The fraction of sp³-hybridized carbons (Fsp3) is 0.200. The molecule has 0 bridgehead atoms. The summed E-state index contributed by atoms with van der Waals surface area (Å²) in [4.78, 5) is 24.0. The first-order chi connectivity index (χ1) is 10.1. The van der Waals surface area contributed by atoms with Gasteiger partial charge in [-0.3, -0.25) is 4.79 Å². The quantitative estimate of drug-likeness (QED) is 0.828. The molecule has 1 amide bonds. The largest absolute Gasteiger partial charge is 0.465 e. The summed E-state index contributed by atoms with van der Waals surface area (Å²) < 4.78 is 4.66. The van der Waals surface area contributed by atoms with E-state index in [1.807, 2.05) is 30.3 Å². The fourth-order valence-corrected chi connectivity index (χ4v) is 2.61. The number of ether oxygens (including phenoxy) is 1. The van der Waals surface area contributed by atoms with Crippen LogP contribution >= 0.6 is 11.3 Å². The summed E-state index contributed by atoms with van der Waals surface area (Å²) in [6.07, 6.45) is 0.435. The Morgan fingerprint density at radius 1 is 1.29 bits per heavy atom. The van der Waals surface area contributed by atoms with Crippen molar-refractivity contribution in [3.05, 3.63) is 52.2 Å². The van der Waals surface area contributed by atoms with Crippen molar-refractivity contribution in [3.8, 4) is 0 Å². The van der Waals surface area contributed by atoms with E-state index in [9.17, 15) is 9.59 Å². The molecule has 1 aromatic carbocycles. The van der Waals surface area contributed by atoms with Crippen LogP contribution in [0.15, 0.2) is 41.8 Å². The summed E-state index contributed by atoms with van der Waals surface area (Å²) in [5.41, 5.74) is 7.32. The third-order valence-corrected chi connectivity index (χ3v) is 3.82. The van der Waals surface area contributed by atoms with Crippen molar-refractivity contribution < 1.29 is 14.3 Å². The molecule has 2 rings (SSSR count). The number of anilines is 1.